The molecule has 0 unspecified atom stereocenters. The summed E-state index contributed by atoms with van der Waals surface area (Å²) in [5.74, 6) is -0.212. The summed E-state index contributed by atoms with van der Waals surface area (Å²) in [5, 5.41) is 3.24. The van der Waals surface area contributed by atoms with Gasteiger partial charge in [-0.15, -0.1) is 0 Å². The Morgan fingerprint density at radius 3 is 2.62 bits per heavy atom. The van der Waals surface area contributed by atoms with Crippen molar-refractivity contribution in [1.82, 2.24) is 5.32 Å². The summed E-state index contributed by atoms with van der Waals surface area (Å²) in [6.07, 6.45) is 0. The number of carbonyl (C=O) groups is 1. The molecule has 0 bridgehead atoms. The number of hydrogen-bond donors (Lipinski definition) is 2. The standard InChI is InChI=1S/C16H18ClN3O/c1-20(12-6-3-2-4-7-12)11-10-19-16(21)13-8-5-9-14(17)15(13)18/h2-9H,10-11,18H2,1H3,(H,19,21). The smallest absolute Gasteiger partial charge is 0.253 e. The summed E-state index contributed by atoms with van der Waals surface area (Å²) in [4.78, 5) is 14.1. The van der Waals surface area contributed by atoms with Crippen molar-refractivity contribution in [2.75, 3.05) is 30.8 Å². The van der Waals surface area contributed by atoms with E-state index < -0.39 is 0 Å². The highest BCUT2D eigenvalue weighted by atomic mass is 35.5. The fourth-order valence-corrected chi connectivity index (χ4v) is 2.15. The maximum Gasteiger partial charge on any atom is 0.253 e. The summed E-state index contributed by atoms with van der Waals surface area (Å²) >= 11 is 5.91. The van der Waals surface area contributed by atoms with Gasteiger partial charge in [0, 0.05) is 25.8 Å². The Hall–Kier alpha value is -2.20. The van der Waals surface area contributed by atoms with Crippen molar-refractivity contribution >= 4 is 28.9 Å². The van der Waals surface area contributed by atoms with Crippen LogP contribution < -0.4 is 16.0 Å². The van der Waals surface area contributed by atoms with E-state index in [-0.39, 0.29) is 5.91 Å². The summed E-state index contributed by atoms with van der Waals surface area (Å²) in [7, 11) is 1.98. The van der Waals surface area contributed by atoms with E-state index in [1.54, 1.807) is 18.2 Å². The van der Waals surface area contributed by atoms with Crippen molar-refractivity contribution < 1.29 is 4.79 Å². The molecular weight excluding hydrogens is 286 g/mol. The molecule has 2 aromatic rings. The largest absolute Gasteiger partial charge is 0.397 e. The van der Waals surface area contributed by atoms with Crippen molar-refractivity contribution in [3.8, 4) is 0 Å². The van der Waals surface area contributed by atoms with Gasteiger partial charge < -0.3 is 16.0 Å². The molecule has 0 atom stereocenters. The molecule has 0 aliphatic heterocycles. The Balaban J connectivity index is 1.89. The third-order valence-electron chi connectivity index (χ3n) is 3.23. The van der Waals surface area contributed by atoms with E-state index in [9.17, 15) is 4.79 Å². The average molecular weight is 304 g/mol. The number of anilines is 2. The molecule has 21 heavy (non-hydrogen) atoms. The molecular formula is C16H18ClN3O. The van der Waals surface area contributed by atoms with Gasteiger partial charge in [0.25, 0.3) is 5.91 Å². The molecule has 1 amide bonds. The molecule has 3 N–H and O–H groups in total. The van der Waals surface area contributed by atoms with Crippen LogP contribution in [0.4, 0.5) is 11.4 Å². The monoisotopic (exact) mass is 303 g/mol. The number of rotatable bonds is 5. The number of hydrogen-bond acceptors (Lipinski definition) is 3. The fraction of sp³-hybridized carbons (Fsp3) is 0.188. The second-order valence-electron chi connectivity index (χ2n) is 4.71. The van der Waals surface area contributed by atoms with Crippen LogP contribution in [0.25, 0.3) is 0 Å². The third-order valence-corrected chi connectivity index (χ3v) is 3.56. The molecule has 5 heteroatoms. The van der Waals surface area contributed by atoms with E-state index in [0.29, 0.717) is 29.4 Å². The van der Waals surface area contributed by atoms with Crippen LogP contribution in [0.2, 0.25) is 5.02 Å². The van der Waals surface area contributed by atoms with Crippen LogP contribution in [0.15, 0.2) is 48.5 Å². The lowest BCUT2D eigenvalue weighted by atomic mass is 10.1. The quantitative estimate of drug-likeness (QED) is 0.835. The maximum atomic E-state index is 12.1. The van der Waals surface area contributed by atoms with Crippen LogP contribution in [0.1, 0.15) is 10.4 Å². The van der Waals surface area contributed by atoms with Crippen LogP contribution in [0.3, 0.4) is 0 Å². The van der Waals surface area contributed by atoms with Crippen LogP contribution in [-0.2, 0) is 0 Å². The van der Waals surface area contributed by atoms with Crippen molar-refractivity contribution in [3.63, 3.8) is 0 Å². The van der Waals surface area contributed by atoms with E-state index in [0.717, 1.165) is 5.69 Å². The van der Waals surface area contributed by atoms with Crippen molar-refractivity contribution in [2.45, 2.75) is 0 Å². The van der Waals surface area contributed by atoms with Gasteiger partial charge >= 0.3 is 0 Å². The predicted octanol–water partition coefficient (Wildman–Crippen LogP) is 2.79. The first kappa shape index (κ1) is 15.2. The van der Waals surface area contributed by atoms with E-state index in [1.165, 1.54) is 0 Å². The number of para-hydroxylation sites is 2. The molecule has 0 aliphatic carbocycles. The van der Waals surface area contributed by atoms with Crippen molar-refractivity contribution in [1.29, 1.82) is 0 Å². The predicted molar refractivity (Wildman–Crippen MR) is 87.9 cm³/mol. The number of carbonyl (C=O) groups excluding carboxylic acids is 1. The topological polar surface area (TPSA) is 58.4 Å². The Bertz CT molecular complexity index is 616. The SMILES string of the molecule is CN(CCNC(=O)c1cccc(Cl)c1N)c1ccccc1. The minimum absolute atomic E-state index is 0.212. The van der Waals surface area contributed by atoms with Crippen LogP contribution in [-0.4, -0.2) is 26.0 Å². The van der Waals surface area contributed by atoms with Gasteiger partial charge in [-0.1, -0.05) is 35.9 Å². The van der Waals surface area contributed by atoms with Gasteiger partial charge in [-0.2, -0.15) is 0 Å². The maximum absolute atomic E-state index is 12.1. The molecule has 0 spiro atoms. The highest BCUT2D eigenvalue weighted by Gasteiger charge is 2.11. The van der Waals surface area contributed by atoms with Crippen LogP contribution in [0, 0.1) is 0 Å². The number of nitrogens with zero attached hydrogens (tertiary/aromatic N) is 1. The Kier molecular flexibility index (Phi) is 5.06. The van der Waals surface area contributed by atoms with Gasteiger partial charge in [0.2, 0.25) is 0 Å². The Morgan fingerprint density at radius 2 is 1.90 bits per heavy atom. The van der Waals surface area contributed by atoms with E-state index in [1.807, 2.05) is 37.4 Å². The van der Waals surface area contributed by atoms with Gasteiger partial charge in [-0.05, 0) is 24.3 Å². The molecule has 0 heterocycles. The van der Waals surface area contributed by atoms with E-state index in [2.05, 4.69) is 10.2 Å². The molecule has 0 aliphatic rings. The molecule has 2 aromatic carbocycles. The number of nitrogens with one attached hydrogen (secondary N) is 1. The first-order chi connectivity index (χ1) is 10.1. The minimum Gasteiger partial charge on any atom is -0.397 e. The molecule has 0 aromatic heterocycles. The van der Waals surface area contributed by atoms with Gasteiger partial charge in [-0.3, -0.25) is 4.79 Å². The molecule has 2 rings (SSSR count). The van der Waals surface area contributed by atoms with Gasteiger partial charge in [0.15, 0.2) is 0 Å². The average Bonchev–Trinajstić information content (AvgIpc) is 2.50. The summed E-state index contributed by atoms with van der Waals surface area (Å²) in [5.41, 5.74) is 7.63. The Labute approximate surface area is 129 Å². The molecule has 0 radical (unpaired) electrons. The van der Waals surface area contributed by atoms with E-state index >= 15 is 0 Å². The van der Waals surface area contributed by atoms with Crippen molar-refractivity contribution in [2.24, 2.45) is 0 Å². The summed E-state index contributed by atoms with van der Waals surface area (Å²) in [6, 6.07) is 15.0. The lowest BCUT2D eigenvalue weighted by Crippen LogP contribution is -2.33. The summed E-state index contributed by atoms with van der Waals surface area (Å²) in [6.45, 7) is 1.23. The Morgan fingerprint density at radius 1 is 1.19 bits per heavy atom. The molecule has 110 valence electrons. The van der Waals surface area contributed by atoms with E-state index in [4.69, 9.17) is 17.3 Å². The highest BCUT2D eigenvalue weighted by molar-refractivity contribution is 6.33. The van der Waals surface area contributed by atoms with Gasteiger partial charge in [0.05, 0.1) is 16.3 Å². The zero-order valence-corrected chi connectivity index (χ0v) is 12.6. The number of halogens is 1. The fourth-order valence-electron chi connectivity index (χ4n) is 1.98. The molecule has 0 saturated heterocycles. The van der Waals surface area contributed by atoms with Gasteiger partial charge in [0.1, 0.15) is 0 Å². The first-order valence-electron chi connectivity index (χ1n) is 6.68. The minimum atomic E-state index is -0.212. The summed E-state index contributed by atoms with van der Waals surface area (Å²) < 4.78 is 0. The second-order valence-corrected chi connectivity index (χ2v) is 5.12. The van der Waals surface area contributed by atoms with Gasteiger partial charge in [-0.25, -0.2) is 0 Å². The number of nitrogen functional groups attached to an aromatic ring is 1. The lowest BCUT2D eigenvalue weighted by molar-refractivity contribution is 0.0955. The zero-order chi connectivity index (χ0) is 15.2. The molecule has 0 fully saturated rings. The third kappa shape index (κ3) is 3.89. The zero-order valence-electron chi connectivity index (χ0n) is 11.8. The molecule has 0 saturated carbocycles. The molecule has 4 nitrogen and oxygen atoms in total. The van der Waals surface area contributed by atoms with Crippen molar-refractivity contribution in [3.05, 3.63) is 59.1 Å². The number of amides is 1. The number of likely N-dealkylation sites (N-methyl/N-ethyl adjacent to an activating group) is 1. The van der Waals surface area contributed by atoms with Crippen LogP contribution in [0.5, 0.6) is 0 Å². The first-order valence-corrected chi connectivity index (χ1v) is 7.06. The number of nitrogens with two attached hydrogens (primary N) is 1. The second kappa shape index (κ2) is 6.99. The lowest BCUT2D eigenvalue weighted by Gasteiger charge is -2.19. The highest BCUT2D eigenvalue weighted by Crippen LogP contribution is 2.22. The number of benzene rings is 2. The normalized spacial score (nSPS) is 10.2. The van der Waals surface area contributed by atoms with Crippen LogP contribution >= 0.6 is 11.6 Å².